The summed E-state index contributed by atoms with van der Waals surface area (Å²) in [4.78, 5) is 16.3. The lowest BCUT2D eigenvalue weighted by molar-refractivity contribution is 0.102. The molecule has 0 saturated heterocycles. The quantitative estimate of drug-likeness (QED) is 0.778. The first-order valence-electron chi connectivity index (χ1n) is 6.26. The maximum absolute atomic E-state index is 13.5. The normalized spacial score (nSPS) is 10.6. The molecule has 5 heteroatoms. The summed E-state index contributed by atoms with van der Waals surface area (Å²) in [6, 6.07) is 13.6. The van der Waals surface area contributed by atoms with Crippen LogP contribution >= 0.6 is 0 Å². The van der Waals surface area contributed by atoms with E-state index in [0.29, 0.717) is 11.6 Å². The average molecular weight is 284 g/mol. The number of nitrogens with one attached hydrogen (secondary N) is 1. The highest BCUT2D eigenvalue weighted by molar-refractivity contribution is 6.04. The lowest BCUT2D eigenvalue weighted by atomic mass is 10.2. The van der Waals surface area contributed by atoms with Crippen molar-refractivity contribution in [2.24, 2.45) is 0 Å². The van der Waals surface area contributed by atoms with E-state index in [0.717, 1.165) is 11.5 Å². The molecule has 0 bridgehead atoms. The van der Waals surface area contributed by atoms with Crippen LogP contribution in [0.15, 0.2) is 54.6 Å². The summed E-state index contributed by atoms with van der Waals surface area (Å²) in [5.74, 6) is -2.08. The third-order valence-electron chi connectivity index (χ3n) is 3.01. The maximum Gasteiger partial charge on any atom is 0.274 e. The van der Waals surface area contributed by atoms with Gasteiger partial charge in [-0.1, -0.05) is 24.3 Å². The van der Waals surface area contributed by atoms with Crippen molar-refractivity contribution < 1.29 is 13.6 Å². The number of nitrogens with zero attached hydrogens (tertiary/aromatic N) is 1. The van der Waals surface area contributed by atoms with E-state index in [1.165, 1.54) is 6.07 Å². The van der Waals surface area contributed by atoms with E-state index < -0.39 is 17.5 Å². The fraction of sp³-hybridized carbons (Fsp3) is 0. The molecular formula is C16H10F2N2O. The van der Waals surface area contributed by atoms with Gasteiger partial charge < -0.3 is 5.32 Å². The molecule has 1 N–H and O–H groups in total. The van der Waals surface area contributed by atoms with Gasteiger partial charge in [0.05, 0.1) is 11.2 Å². The molecule has 0 radical (unpaired) electrons. The Morgan fingerprint density at radius 2 is 1.81 bits per heavy atom. The number of carbonyl (C=O) groups excluding carboxylic acids is 1. The van der Waals surface area contributed by atoms with E-state index in [9.17, 15) is 13.6 Å². The Labute approximate surface area is 119 Å². The van der Waals surface area contributed by atoms with Crippen LogP contribution < -0.4 is 5.32 Å². The van der Waals surface area contributed by atoms with Crippen molar-refractivity contribution >= 4 is 22.5 Å². The highest BCUT2D eigenvalue weighted by Gasteiger charge is 2.11. The molecule has 3 aromatic rings. The fourth-order valence-electron chi connectivity index (χ4n) is 1.97. The van der Waals surface area contributed by atoms with Gasteiger partial charge >= 0.3 is 0 Å². The summed E-state index contributed by atoms with van der Waals surface area (Å²) in [5, 5.41) is 3.28. The van der Waals surface area contributed by atoms with Gasteiger partial charge in [-0.25, -0.2) is 13.8 Å². The van der Waals surface area contributed by atoms with Crippen LogP contribution in [0.1, 0.15) is 10.5 Å². The Kier molecular flexibility index (Phi) is 3.31. The molecule has 0 aliphatic rings. The SMILES string of the molecule is O=C(Nc1ccc(F)cc1F)c1ccc2ccccc2n1. The smallest absolute Gasteiger partial charge is 0.274 e. The standard InChI is InChI=1S/C16H10F2N2O/c17-11-6-8-14(12(18)9-11)20-16(21)15-7-5-10-3-1-2-4-13(10)19-15/h1-9H,(H,20,21). The molecule has 1 aromatic heterocycles. The molecule has 3 rings (SSSR count). The van der Waals surface area contributed by atoms with E-state index in [1.54, 1.807) is 18.2 Å². The average Bonchev–Trinajstić information content (AvgIpc) is 2.49. The van der Waals surface area contributed by atoms with Crippen LogP contribution in [0, 0.1) is 11.6 Å². The zero-order valence-electron chi connectivity index (χ0n) is 10.8. The zero-order valence-corrected chi connectivity index (χ0v) is 10.8. The van der Waals surface area contributed by atoms with E-state index in [-0.39, 0.29) is 11.4 Å². The van der Waals surface area contributed by atoms with Crippen LogP contribution in [0.25, 0.3) is 10.9 Å². The van der Waals surface area contributed by atoms with E-state index in [4.69, 9.17) is 0 Å². The second-order valence-corrected chi connectivity index (χ2v) is 4.47. The number of hydrogen-bond acceptors (Lipinski definition) is 2. The van der Waals surface area contributed by atoms with Crippen molar-refractivity contribution in [1.82, 2.24) is 4.98 Å². The Hall–Kier alpha value is -2.82. The Morgan fingerprint density at radius 3 is 2.62 bits per heavy atom. The summed E-state index contributed by atoms with van der Waals surface area (Å²) >= 11 is 0. The van der Waals surface area contributed by atoms with E-state index in [1.807, 2.05) is 18.2 Å². The predicted octanol–water partition coefficient (Wildman–Crippen LogP) is 3.77. The number of benzene rings is 2. The van der Waals surface area contributed by atoms with Gasteiger partial charge in [0.1, 0.15) is 17.3 Å². The molecular weight excluding hydrogens is 274 g/mol. The third kappa shape index (κ3) is 2.72. The topological polar surface area (TPSA) is 42.0 Å². The molecule has 0 unspecified atom stereocenters. The van der Waals surface area contributed by atoms with Gasteiger partial charge in [0, 0.05) is 11.5 Å². The number of pyridine rings is 1. The van der Waals surface area contributed by atoms with Crippen molar-refractivity contribution in [3.05, 3.63) is 71.9 Å². The van der Waals surface area contributed by atoms with Crippen LogP contribution in [0.3, 0.4) is 0 Å². The first-order valence-corrected chi connectivity index (χ1v) is 6.26. The molecule has 21 heavy (non-hydrogen) atoms. The lowest BCUT2D eigenvalue weighted by Crippen LogP contribution is -2.14. The number of anilines is 1. The molecule has 0 saturated carbocycles. The minimum atomic E-state index is -0.830. The summed E-state index contributed by atoms with van der Waals surface area (Å²) in [5.41, 5.74) is 0.749. The van der Waals surface area contributed by atoms with Crippen LogP contribution in [-0.2, 0) is 0 Å². The molecule has 1 heterocycles. The molecule has 0 aliphatic heterocycles. The van der Waals surface area contributed by atoms with Crippen molar-refractivity contribution in [1.29, 1.82) is 0 Å². The predicted molar refractivity (Wildman–Crippen MR) is 76.1 cm³/mol. The minimum absolute atomic E-state index is 0.0867. The number of rotatable bonds is 2. The van der Waals surface area contributed by atoms with Crippen LogP contribution in [-0.4, -0.2) is 10.9 Å². The molecule has 3 nitrogen and oxygen atoms in total. The van der Waals surface area contributed by atoms with Crippen LogP contribution in [0.5, 0.6) is 0 Å². The first kappa shape index (κ1) is 13.2. The third-order valence-corrected chi connectivity index (χ3v) is 3.01. The Bertz CT molecular complexity index is 833. The fourth-order valence-corrected chi connectivity index (χ4v) is 1.97. The monoisotopic (exact) mass is 284 g/mol. The van der Waals surface area contributed by atoms with Gasteiger partial charge in [0.2, 0.25) is 0 Å². The highest BCUT2D eigenvalue weighted by atomic mass is 19.1. The van der Waals surface area contributed by atoms with Gasteiger partial charge in [-0.2, -0.15) is 0 Å². The van der Waals surface area contributed by atoms with Crippen molar-refractivity contribution in [3.63, 3.8) is 0 Å². The van der Waals surface area contributed by atoms with Crippen LogP contribution in [0.4, 0.5) is 14.5 Å². The summed E-state index contributed by atoms with van der Waals surface area (Å²) in [6.07, 6.45) is 0. The number of hydrogen-bond donors (Lipinski definition) is 1. The number of aromatic nitrogens is 1. The number of carbonyl (C=O) groups is 1. The van der Waals surface area contributed by atoms with Gasteiger partial charge in [-0.05, 0) is 24.3 Å². The number of halogens is 2. The van der Waals surface area contributed by atoms with Gasteiger partial charge in [-0.15, -0.1) is 0 Å². The first-order chi connectivity index (χ1) is 10.1. The lowest BCUT2D eigenvalue weighted by Gasteiger charge is -2.06. The molecule has 0 spiro atoms. The van der Waals surface area contributed by atoms with E-state index in [2.05, 4.69) is 10.3 Å². The molecule has 0 atom stereocenters. The van der Waals surface area contributed by atoms with Crippen molar-refractivity contribution in [2.45, 2.75) is 0 Å². The largest absolute Gasteiger partial charge is 0.318 e. The van der Waals surface area contributed by atoms with Crippen molar-refractivity contribution in [3.8, 4) is 0 Å². The highest BCUT2D eigenvalue weighted by Crippen LogP contribution is 2.17. The minimum Gasteiger partial charge on any atom is -0.318 e. The molecule has 0 fully saturated rings. The summed E-state index contributed by atoms with van der Waals surface area (Å²) < 4.78 is 26.3. The van der Waals surface area contributed by atoms with Gasteiger partial charge in [-0.3, -0.25) is 4.79 Å². The summed E-state index contributed by atoms with van der Waals surface area (Å²) in [6.45, 7) is 0. The molecule has 0 aliphatic carbocycles. The van der Waals surface area contributed by atoms with E-state index >= 15 is 0 Å². The summed E-state index contributed by atoms with van der Waals surface area (Å²) in [7, 11) is 0. The number of fused-ring (bicyclic) bond motifs is 1. The van der Waals surface area contributed by atoms with Gasteiger partial charge in [0.15, 0.2) is 0 Å². The number of amides is 1. The Balaban J connectivity index is 1.89. The maximum atomic E-state index is 13.5. The van der Waals surface area contributed by atoms with Gasteiger partial charge in [0.25, 0.3) is 5.91 Å². The molecule has 104 valence electrons. The zero-order chi connectivity index (χ0) is 14.8. The second kappa shape index (κ2) is 5.28. The van der Waals surface area contributed by atoms with Crippen molar-refractivity contribution in [2.75, 3.05) is 5.32 Å². The molecule has 1 amide bonds. The van der Waals surface area contributed by atoms with Crippen LogP contribution in [0.2, 0.25) is 0 Å². The number of para-hydroxylation sites is 1. The Morgan fingerprint density at radius 1 is 1.00 bits per heavy atom. The molecule has 2 aromatic carbocycles. The second-order valence-electron chi connectivity index (χ2n) is 4.47.